The molecule has 0 radical (unpaired) electrons. The maximum atomic E-state index is 12.0. The van der Waals surface area contributed by atoms with E-state index < -0.39 is 48.4 Å². The SMILES string of the molecule is CC[C@H]1OC(c2ccc(Cl)c(Cc3ccc(Br)s3)c2)[C@H](OC(C)=O)[C@@H](OC(C)=O)[C@@H]1OC(C)=O. The molecule has 3 rings (SSSR count). The van der Waals surface area contributed by atoms with E-state index >= 15 is 0 Å². The van der Waals surface area contributed by atoms with Gasteiger partial charge in [0.2, 0.25) is 0 Å². The van der Waals surface area contributed by atoms with Gasteiger partial charge in [0.25, 0.3) is 0 Å². The number of carbonyl (C=O) groups is 3. The van der Waals surface area contributed by atoms with E-state index in [-0.39, 0.29) is 0 Å². The van der Waals surface area contributed by atoms with Crippen LogP contribution < -0.4 is 0 Å². The van der Waals surface area contributed by atoms with Crippen LogP contribution in [-0.4, -0.2) is 42.3 Å². The Labute approximate surface area is 215 Å². The third-order valence-electron chi connectivity index (χ3n) is 5.33. The molecule has 1 saturated heterocycles. The van der Waals surface area contributed by atoms with Crippen LogP contribution >= 0.6 is 38.9 Å². The number of thiophene rings is 1. The largest absolute Gasteiger partial charge is 0.456 e. The topological polar surface area (TPSA) is 88.1 Å². The summed E-state index contributed by atoms with van der Waals surface area (Å²) in [7, 11) is 0. The Morgan fingerprint density at radius 3 is 2.15 bits per heavy atom. The van der Waals surface area contributed by atoms with Crippen LogP contribution in [0, 0.1) is 0 Å². The lowest BCUT2D eigenvalue weighted by Gasteiger charge is -2.44. The summed E-state index contributed by atoms with van der Waals surface area (Å²) in [5, 5.41) is 0.592. The Bertz CT molecular complexity index is 1060. The average molecular weight is 574 g/mol. The predicted molar refractivity (Wildman–Crippen MR) is 131 cm³/mol. The Kier molecular flexibility index (Phi) is 9.14. The number of hydrogen-bond acceptors (Lipinski definition) is 8. The second-order valence-electron chi connectivity index (χ2n) is 7.96. The van der Waals surface area contributed by atoms with Crippen molar-refractivity contribution in [1.29, 1.82) is 0 Å². The lowest BCUT2D eigenvalue weighted by atomic mass is 9.88. The highest BCUT2D eigenvalue weighted by atomic mass is 79.9. The smallest absolute Gasteiger partial charge is 0.303 e. The summed E-state index contributed by atoms with van der Waals surface area (Å²) in [5.41, 5.74) is 1.58. The maximum absolute atomic E-state index is 12.0. The molecule has 184 valence electrons. The first kappa shape index (κ1) is 26.7. The molecule has 0 bridgehead atoms. The van der Waals surface area contributed by atoms with Crippen molar-refractivity contribution in [2.45, 2.75) is 71.1 Å². The molecule has 0 N–H and O–H groups in total. The molecule has 0 saturated carbocycles. The fraction of sp³-hybridized carbons (Fsp3) is 0.458. The van der Waals surface area contributed by atoms with Crippen LogP contribution in [0.25, 0.3) is 0 Å². The summed E-state index contributed by atoms with van der Waals surface area (Å²) >= 11 is 11.6. The maximum Gasteiger partial charge on any atom is 0.303 e. The van der Waals surface area contributed by atoms with E-state index in [1.54, 1.807) is 23.5 Å². The minimum atomic E-state index is -1.04. The fourth-order valence-electron chi connectivity index (χ4n) is 4.03. The van der Waals surface area contributed by atoms with E-state index in [1.807, 2.05) is 25.1 Å². The van der Waals surface area contributed by atoms with Gasteiger partial charge in [-0.3, -0.25) is 14.4 Å². The third-order valence-corrected chi connectivity index (χ3v) is 7.33. The van der Waals surface area contributed by atoms with Gasteiger partial charge in [-0.15, -0.1) is 11.3 Å². The summed E-state index contributed by atoms with van der Waals surface area (Å²) < 4.78 is 24.0. The highest BCUT2D eigenvalue weighted by Gasteiger charge is 2.51. The zero-order valence-electron chi connectivity index (χ0n) is 19.2. The van der Waals surface area contributed by atoms with Crippen LogP contribution in [0.4, 0.5) is 0 Å². The Balaban J connectivity index is 2.03. The minimum Gasteiger partial charge on any atom is -0.456 e. The number of hydrogen-bond donors (Lipinski definition) is 0. The molecule has 2 heterocycles. The lowest BCUT2D eigenvalue weighted by molar-refractivity contribution is -0.249. The van der Waals surface area contributed by atoms with Crippen molar-refractivity contribution < 1.29 is 33.3 Å². The Morgan fingerprint density at radius 2 is 1.59 bits per heavy atom. The van der Waals surface area contributed by atoms with E-state index in [9.17, 15) is 14.4 Å². The molecule has 1 fully saturated rings. The number of esters is 3. The van der Waals surface area contributed by atoms with E-state index in [1.165, 1.54) is 20.8 Å². The van der Waals surface area contributed by atoms with Crippen molar-refractivity contribution >= 4 is 56.8 Å². The molecular weight excluding hydrogens is 548 g/mol. The van der Waals surface area contributed by atoms with Crippen LogP contribution in [0.15, 0.2) is 34.1 Å². The first-order valence-electron chi connectivity index (χ1n) is 10.8. The predicted octanol–water partition coefficient (Wildman–Crippen LogP) is 5.40. The molecule has 10 heteroatoms. The Hall–Kier alpha value is -1.94. The van der Waals surface area contributed by atoms with Crippen LogP contribution in [0.3, 0.4) is 0 Å². The van der Waals surface area contributed by atoms with Crippen molar-refractivity contribution in [2.75, 3.05) is 0 Å². The molecule has 0 aliphatic carbocycles. The summed E-state index contributed by atoms with van der Waals surface area (Å²) in [6.07, 6.45) is -3.27. The number of ether oxygens (including phenoxy) is 4. The molecule has 7 nitrogen and oxygen atoms in total. The zero-order chi connectivity index (χ0) is 25.0. The first-order chi connectivity index (χ1) is 16.1. The molecule has 34 heavy (non-hydrogen) atoms. The first-order valence-corrected chi connectivity index (χ1v) is 12.8. The highest BCUT2D eigenvalue weighted by molar-refractivity contribution is 9.11. The second-order valence-corrected chi connectivity index (χ2v) is 10.9. The van der Waals surface area contributed by atoms with Gasteiger partial charge in [0, 0.05) is 37.1 Å². The van der Waals surface area contributed by atoms with Crippen molar-refractivity contribution in [2.24, 2.45) is 0 Å². The summed E-state index contributed by atoms with van der Waals surface area (Å²) in [5.74, 6) is -1.72. The van der Waals surface area contributed by atoms with Gasteiger partial charge in [0.1, 0.15) is 6.10 Å². The van der Waals surface area contributed by atoms with E-state index in [2.05, 4.69) is 15.9 Å². The monoisotopic (exact) mass is 572 g/mol. The fourth-order valence-corrected chi connectivity index (χ4v) is 5.72. The van der Waals surface area contributed by atoms with Gasteiger partial charge >= 0.3 is 17.9 Å². The van der Waals surface area contributed by atoms with Crippen LogP contribution in [0.5, 0.6) is 0 Å². The lowest BCUT2D eigenvalue weighted by Crippen LogP contribution is -2.58. The third kappa shape index (κ3) is 6.59. The van der Waals surface area contributed by atoms with E-state index in [4.69, 9.17) is 30.5 Å². The molecule has 2 aromatic rings. The van der Waals surface area contributed by atoms with Gasteiger partial charge in [0.05, 0.1) is 9.89 Å². The van der Waals surface area contributed by atoms with Crippen molar-refractivity contribution in [3.8, 4) is 0 Å². The number of carbonyl (C=O) groups excluding carboxylic acids is 3. The van der Waals surface area contributed by atoms with Crippen LogP contribution in [0.1, 0.15) is 56.2 Å². The molecule has 1 aromatic carbocycles. The molecule has 1 aliphatic rings. The van der Waals surface area contributed by atoms with Gasteiger partial charge in [0.15, 0.2) is 18.3 Å². The average Bonchev–Trinajstić information content (AvgIpc) is 3.16. The minimum absolute atomic E-state index is 0.475. The van der Waals surface area contributed by atoms with Gasteiger partial charge < -0.3 is 18.9 Å². The Morgan fingerprint density at radius 1 is 0.971 bits per heavy atom. The normalized spacial score (nSPS) is 24.4. The van der Waals surface area contributed by atoms with Gasteiger partial charge in [-0.1, -0.05) is 30.7 Å². The summed E-state index contributed by atoms with van der Waals surface area (Å²) in [6.45, 7) is 5.65. The van der Waals surface area contributed by atoms with Gasteiger partial charge in [-0.2, -0.15) is 0 Å². The molecule has 0 spiro atoms. The van der Waals surface area contributed by atoms with Crippen LogP contribution in [-0.2, 0) is 39.8 Å². The van der Waals surface area contributed by atoms with Crippen molar-refractivity contribution in [3.05, 3.63) is 55.1 Å². The molecule has 1 unspecified atom stereocenters. The van der Waals surface area contributed by atoms with Crippen molar-refractivity contribution in [3.63, 3.8) is 0 Å². The molecule has 1 aromatic heterocycles. The number of halogens is 2. The number of rotatable bonds is 7. The molecule has 1 aliphatic heterocycles. The quantitative estimate of drug-likeness (QED) is 0.324. The summed E-state index contributed by atoms with van der Waals surface area (Å²) in [4.78, 5) is 36.9. The zero-order valence-corrected chi connectivity index (χ0v) is 22.4. The molecular formula is C24H26BrClO7S. The van der Waals surface area contributed by atoms with Crippen molar-refractivity contribution in [1.82, 2.24) is 0 Å². The highest BCUT2D eigenvalue weighted by Crippen LogP contribution is 2.39. The standard InChI is InChI=1S/C24H26BrClO7S/c1-5-19-22(30-12(2)27)24(32-14(4)29)23(31-13(3)28)21(33-19)15-6-8-18(26)16(10-15)11-17-7-9-20(25)34-17/h6-10,19,21-24H,5,11H2,1-4H3/t19-,21?,22-,23+,24+/m1/s1. The van der Waals surface area contributed by atoms with Crippen LogP contribution in [0.2, 0.25) is 5.02 Å². The van der Waals surface area contributed by atoms with E-state index in [0.29, 0.717) is 23.4 Å². The van der Waals surface area contributed by atoms with E-state index in [0.717, 1.165) is 14.2 Å². The molecule has 5 atom stereocenters. The summed E-state index contributed by atoms with van der Waals surface area (Å²) in [6, 6.07) is 9.46. The molecule has 0 amide bonds. The van der Waals surface area contributed by atoms with Gasteiger partial charge in [-0.05, 0) is 51.7 Å². The second kappa shape index (κ2) is 11.7. The number of benzene rings is 1. The van der Waals surface area contributed by atoms with Gasteiger partial charge in [-0.25, -0.2) is 0 Å².